The number of likely N-dealkylation sites (tertiary alicyclic amines) is 1. The molecule has 146 valence electrons. The van der Waals surface area contributed by atoms with Gasteiger partial charge in [0.05, 0.1) is 10.2 Å². The van der Waals surface area contributed by atoms with Gasteiger partial charge in [0.15, 0.2) is 5.13 Å². The number of piperidine rings is 1. The monoisotopic (exact) mass is 394 g/mol. The minimum absolute atomic E-state index is 0.0156. The number of anilines is 1. The highest BCUT2D eigenvalue weighted by atomic mass is 32.1. The van der Waals surface area contributed by atoms with Crippen molar-refractivity contribution in [3.05, 3.63) is 59.7 Å². The van der Waals surface area contributed by atoms with Crippen molar-refractivity contribution in [2.24, 2.45) is 0 Å². The second kappa shape index (κ2) is 8.71. The average Bonchev–Trinajstić information content (AvgIpc) is 3.12. The molecule has 28 heavy (non-hydrogen) atoms. The number of thiazole rings is 1. The van der Waals surface area contributed by atoms with Gasteiger partial charge in [-0.2, -0.15) is 0 Å². The van der Waals surface area contributed by atoms with E-state index in [9.17, 15) is 4.79 Å². The van der Waals surface area contributed by atoms with Gasteiger partial charge in [-0.3, -0.25) is 9.69 Å². The number of nitrogens with zero attached hydrogens (tertiary/aromatic N) is 2. The number of aromatic nitrogens is 1. The van der Waals surface area contributed by atoms with Gasteiger partial charge in [0.2, 0.25) is 0 Å². The molecule has 0 bridgehead atoms. The van der Waals surface area contributed by atoms with E-state index in [0.29, 0.717) is 5.56 Å². The molecule has 0 atom stereocenters. The van der Waals surface area contributed by atoms with Crippen LogP contribution in [0.25, 0.3) is 10.2 Å². The molecule has 2 aromatic carbocycles. The standard InChI is InChI=1S/C22H26N4OS/c1-2-23-22-25-19-9-8-17(14-20(19)28-22)21(27)24-18-10-12-26(13-11-18)15-16-6-4-3-5-7-16/h3-9,14,18H,2,10-13,15H2,1H3,(H,23,25)(H,24,27). The predicted molar refractivity (Wildman–Crippen MR) is 116 cm³/mol. The fourth-order valence-corrected chi connectivity index (χ4v) is 4.61. The maximum Gasteiger partial charge on any atom is 0.251 e. The Bertz CT molecular complexity index is 932. The molecule has 0 spiro atoms. The first-order valence-electron chi connectivity index (χ1n) is 9.93. The Hall–Kier alpha value is -2.44. The fourth-order valence-electron chi connectivity index (χ4n) is 3.64. The van der Waals surface area contributed by atoms with E-state index in [0.717, 1.165) is 54.4 Å². The van der Waals surface area contributed by atoms with Gasteiger partial charge in [0.25, 0.3) is 5.91 Å². The van der Waals surface area contributed by atoms with E-state index in [2.05, 4.69) is 57.8 Å². The highest BCUT2D eigenvalue weighted by Crippen LogP contribution is 2.27. The molecule has 1 aromatic heterocycles. The van der Waals surface area contributed by atoms with Crippen LogP contribution in [0.2, 0.25) is 0 Å². The molecule has 1 aliphatic rings. The Kier molecular flexibility index (Phi) is 5.88. The summed E-state index contributed by atoms with van der Waals surface area (Å²) in [6, 6.07) is 16.6. The summed E-state index contributed by atoms with van der Waals surface area (Å²) in [6.45, 7) is 5.91. The Labute approximate surface area is 169 Å². The molecule has 1 aliphatic heterocycles. The Balaban J connectivity index is 1.32. The van der Waals surface area contributed by atoms with E-state index < -0.39 is 0 Å². The molecule has 2 heterocycles. The van der Waals surface area contributed by atoms with E-state index >= 15 is 0 Å². The molecule has 6 heteroatoms. The smallest absolute Gasteiger partial charge is 0.251 e. The largest absolute Gasteiger partial charge is 0.362 e. The first-order valence-corrected chi connectivity index (χ1v) is 10.7. The van der Waals surface area contributed by atoms with Gasteiger partial charge in [-0.25, -0.2) is 4.98 Å². The lowest BCUT2D eigenvalue weighted by atomic mass is 10.0. The highest BCUT2D eigenvalue weighted by Gasteiger charge is 2.21. The van der Waals surface area contributed by atoms with Crippen LogP contribution in [0, 0.1) is 0 Å². The van der Waals surface area contributed by atoms with Crippen molar-refractivity contribution >= 4 is 32.6 Å². The topological polar surface area (TPSA) is 57.3 Å². The minimum Gasteiger partial charge on any atom is -0.362 e. The fraction of sp³-hybridized carbons (Fsp3) is 0.364. The van der Waals surface area contributed by atoms with Crippen molar-refractivity contribution in [1.82, 2.24) is 15.2 Å². The molecule has 0 aliphatic carbocycles. The lowest BCUT2D eigenvalue weighted by Crippen LogP contribution is -2.44. The number of hydrogen-bond donors (Lipinski definition) is 2. The molecule has 2 N–H and O–H groups in total. The van der Waals surface area contributed by atoms with Crippen molar-refractivity contribution < 1.29 is 4.79 Å². The Morgan fingerprint density at radius 1 is 1.18 bits per heavy atom. The van der Waals surface area contributed by atoms with Gasteiger partial charge in [0, 0.05) is 37.8 Å². The number of carbonyl (C=O) groups is 1. The van der Waals surface area contributed by atoms with Crippen molar-refractivity contribution in [2.75, 3.05) is 25.0 Å². The zero-order chi connectivity index (χ0) is 19.3. The van der Waals surface area contributed by atoms with Crippen LogP contribution in [0.3, 0.4) is 0 Å². The first-order chi connectivity index (χ1) is 13.7. The maximum absolute atomic E-state index is 12.7. The van der Waals surface area contributed by atoms with E-state index in [1.54, 1.807) is 11.3 Å². The third kappa shape index (κ3) is 4.51. The van der Waals surface area contributed by atoms with Gasteiger partial charge in [-0.1, -0.05) is 41.7 Å². The quantitative estimate of drug-likeness (QED) is 0.660. The second-order valence-corrected chi connectivity index (χ2v) is 8.27. The predicted octanol–water partition coefficient (Wildman–Crippen LogP) is 4.12. The van der Waals surface area contributed by atoms with Crippen molar-refractivity contribution in [3.63, 3.8) is 0 Å². The van der Waals surface area contributed by atoms with E-state index in [-0.39, 0.29) is 11.9 Å². The molecule has 1 saturated heterocycles. The van der Waals surface area contributed by atoms with Gasteiger partial charge < -0.3 is 10.6 Å². The summed E-state index contributed by atoms with van der Waals surface area (Å²) in [6.07, 6.45) is 1.98. The van der Waals surface area contributed by atoms with Gasteiger partial charge in [0.1, 0.15) is 0 Å². The molecular weight excluding hydrogens is 368 g/mol. The summed E-state index contributed by atoms with van der Waals surface area (Å²) >= 11 is 1.59. The summed E-state index contributed by atoms with van der Waals surface area (Å²) in [5.74, 6) is 0.0156. The number of carbonyl (C=O) groups excluding carboxylic acids is 1. The number of hydrogen-bond acceptors (Lipinski definition) is 5. The van der Waals surface area contributed by atoms with Crippen LogP contribution in [0.4, 0.5) is 5.13 Å². The molecule has 0 saturated carbocycles. The lowest BCUT2D eigenvalue weighted by Gasteiger charge is -2.32. The van der Waals surface area contributed by atoms with E-state index in [1.165, 1.54) is 5.56 Å². The number of rotatable bonds is 6. The summed E-state index contributed by atoms with van der Waals surface area (Å²) in [5.41, 5.74) is 3.00. The summed E-state index contributed by atoms with van der Waals surface area (Å²) in [7, 11) is 0. The van der Waals surface area contributed by atoms with Gasteiger partial charge in [-0.05, 0) is 43.5 Å². The Morgan fingerprint density at radius 2 is 1.96 bits per heavy atom. The number of amides is 1. The number of benzene rings is 2. The first kappa shape index (κ1) is 18.9. The third-order valence-corrected chi connectivity index (χ3v) is 6.13. The van der Waals surface area contributed by atoms with Gasteiger partial charge in [-0.15, -0.1) is 0 Å². The average molecular weight is 395 g/mol. The summed E-state index contributed by atoms with van der Waals surface area (Å²) < 4.78 is 1.04. The Morgan fingerprint density at radius 3 is 2.71 bits per heavy atom. The summed E-state index contributed by atoms with van der Waals surface area (Å²) in [4.78, 5) is 19.7. The molecule has 1 fully saturated rings. The normalized spacial score (nSPS) is 15.6. The molecule has 0 radical (unpaired) electrons. The SMILES string of the molecule is CCNc1nc2ccc(C(=O)NC3CCN(Cc4ccccc4)CC3)cc2s1. The van der Waals surface area contributed by atoms with Crippen LogP contribution in [0.15, 0.2) is 48.5 Å². The molecule has 1 amide bonds. The lowest BCUT2D eigenvalue weighted by molar-refractivity contribution is 0.0909. The zero-order valence-electron chi connectivity index (χ0n) is 16.1. The third-order valence-electron chi connectivity index (χ3n) is 5.15. The van der Waals surface area contributed by atoms with Gasteiger partial charge >= 0.3 is 0 Å². The van der Waals surface area contributed by atoms with E-state index in [1.807, 2.05) is 18.2 Å². The van der Waals surface area contributed by atoms with Crippen molar-refractivity contribution in [3.8, 4) is 0 Å². The van der Waals surface area contributed by atoms with Crippen LogP contribution in [0.1, 0.15) is 35.7 Å². The highest BCUT2D eigenvalue weighted by molar-refractivity contribution is 7.22. The van der Waals surface area contributed by atoms with Crippen LogP contribution >= 0.6 is 11.3 Å². The zero-order valence-corrected chi connectivity index (χ0v) is 17.0. The molecule has 4 rings (SSSR count). The number of fused-ring (bicyclic) bond motifs is 1. The number of nitrogens with one attached hydrogen (secondary N) is 2. The maximum atomic E-state index is 12.7. The molecule has 0 unspecified atom stereocenters. The van der Waals surface area contributed by atoms with Crippen molar-refractivity contribution in [1.29, 1.82) is 0 Å². The van der Waals surface area contributed by atoms with Crippen LogP contribution in [-0.2, 0) is 6.54 Å². The molecular formula is C22H26N4OS. The van der Waals surface area contributed by atoms with Crippen LogP contribution in [-0.4, -0.2) is 41.5 Å². The van der Waals surface area contributed by atoms with E-state index in [4.69, 9.17) is 0 Å². The summed E-state index contributed by atoms with van der Waals surface area (Å²) in [5, 5.41) is 7.36. The van der Waals surface area contributed by atoms with Crippen molar-refractivity contribution in [2.45, 2.75) is 32.4 Å². The van der Waals surface area contributed by atoms with Crippen LogP contribution < -0.4 is 10.6 Å². The molecule has 3 aromatic rings. The minimum atomic E-state index is 0.0156. The molecule has 5 nitrogen and oxygen atoms in total. The second-order valence-electron chi connectivity index (χ2n) is 7.24. The van der Waals surface area contributed by atoms with Crippen LogP contribution in [0.5, 0.6) is 0 Å².